The van der Waals surface area contributed by atoms with E-state index in [0.717, 1.165) is 45.6 Å². The van der Waals surface area contributed by atoms with E-state index in [-0.39, 0.29) is 28.9 Å². The molecule has 2 aromatic rings. The molecule has 6 rings (SSSR count). The van der Waals surface area contributed by atoms with Crippen molar-refractivity contribution in [2.24, 2.45) is 11.8 Å². The highest BCUT2D eigenvalue weighted by Gasteiger charge is 2.66. The predicted octanol–water partition coefficient (Wildman–Crippen LogP) is 4.61. The van der Waals surface area contributed by atoms with Crippen LogP contribution in [0.4, 0.5) is 27.6 Å². The van der Waals surface area contributed by atoms with Gasteiger partial charge in [0.25, 0.3) is 11.8 Å². The number of piperidine rings is 1. The van der Waals surface area contributed by atoms with E-state index in [4.69, 9.17) is 9.47 Å². The summed E-state index contributed by atoms with van der Waals surface area (Å²) in [4.78, 5) is 35.1. The number of anilines is 1. The first kappa shape index (κ1) is 30.1. The van der Waals surface area contributed by atoms with E-state index in [1.165, 1.54) is 25.3 Å². The van der Waals surface area contributed by atoms with Crippen LogP contribution in [0.25, 0.3) is 0 Å². The van der Waals surface area contributed by atoms with Gasteiger partial charge in [-0.2, -0.15) is 17.6 Å². The Morgan fingerprint density at radius 1 is 1.14 bits per heavy atom. The van der Waals surface area contributed by atoms with Crippen molar-refractivity contribution in [2.45, 2.75) is 56.5 Å². The number of amides is 2. The summed E-state index contributed by atoms with van der Waals surface area (Å²) in [5, 5.41) is 2.55. The molecule has 0 aliphatic carbocycles. The van der Waals surface area contributed by atoms with Gasteiger partial charge in [0.15, 0.2) is 17.2 Å². The number of likely N-dealkylation sites (N-methyl/N-ethyl adjacent to an activating group) is 1. The van der Waals surface area contributed by atoms with Crippen LogP contribution in [-0.2, 0) is 9.53 Å². The summed E-state index contributed by atoms with van der Waals surface area (Å²) in [6.45, 7) is 4.09. The van der Waals surface area contributed by atoms with Gasteiger partial charge in [-0.15, -0.1) is 0 Å². The highest BCUT2D eigenvalue weighted by molar-refractivity contribution is 5.98. The molecule has 2 bridgehead atoms. The molecule has 1 aromatic carbocycles. The Balaban J connectivity index is 1.42. The summed E-state index contributed by atoms with van der Waals surface area (Å²) in [7, 11) is 3.10. The summed E-state index contributed by atoms with van der Waals surface area (Å²) in [6, 6.07) is 4.88. The third-order valence-electron chi connectivity index (χ3n) is 9.09. The monoisotopic (exact) mass is 596 g/mol. The van der Waals surface area contributed by atoms with E-state index in [1.807, 2.05) is 7.05 Å². The molecule has 0 radical (unpaired) electrons. The number of hydrogen-bond acceptors (Lipinski definition) is 6. The van der Waals surface area contributed by atoms with Crippen molar-refractivity contribution in [3.63, 3.8) is 0 Å². The van der Waals surface area contributed by atoms with Gasteiger partial charge in [0.2, 0.25) is 5.82 Å². The number of rotatable bonds is 5. The summed E-state index contributed by atoms with van der Waals surface area (Å²) < 4.78 is 81.7. The first-order valence-electron chi connectivity index (χ1n) is 13.8. The van der Waals surface area contributed by atoms with Crippen LogP contribution in [0.2, 0.25) is 0 Å². The lowest BCUT2D eigenvalue weighted by atomic mass is 9.77. The van der Waals surface area contributed by atoms with Crippen molar-refractivity contribution < 1.29 is 41.0 Å². The molecule has 1 unspecified atom stereocenters. The zero-order valence-electron chi connectivity index (χ0n) is 23.7. The molecule has 6 atom stereocenters. The highest BCUT2D eigenvalue weighted by atomic mass is 19.4. The minimum Gasteiger partial charge on any atom is -0.493 e. The average Bonchev–Trinajstić information content (AvgIpc) is 3.06. The third kappa shape index (κ3) is 5.21. The molecule has 1 aromatic heterocycles. The molecule has 228 valence electrons. The van der Waals surface area contributed by atoms with Crippen LogP contribution in [-0.4, -0.2) is 84.3 Å². The molecule has 4 aliphatic rings. The minimum atomic E-state index is -4.89. The Bertz CT molecular complexity index is 1370. The lowest BCUT2D eigenvalue weighted by Crippen LogP contribution is -2.47. The van der Waals surface area contributed by atoms with E-state index < -0.39 is 53.0 Å². The van der Waals surface area contributed by atoms with Crippen molar-refractivity contribution in [1.29, 1.82) is 0 Å². The average molecular weight is 597 g/mol. The molecule has 8 nitrogen and oxygen atoms in total. The number of pyridine rings is 1. The van der Waals surface area contributed by atoms with Crippen molar-refractivity contribution in [1.82, 2.24) is 14.8 Å². The third-order valence-corrected chi connectivity index (χ3v) is 9.09. The Labute approximate surface area is 240 Å². The normalized spacial score (nSPS) is 29.8. The van der Waals surface area contributed by atoms with E-state index >= 15 is 0 Å². The molecule has 2 amide bonds. The lowest BCUT2D eigenvalue weighted by molar-refractivity contribution is -0.272. The minimum absolute atomic E-state index is 0.0800. The molecule has 1 N–H and O–H groups in total. The second-order valence-corrected chi connectivity index (χ2v) is 11.6. The van der Waals surface area contributed by atoms with Gasteiger partial charge in [0, 0.05) is 55.0 Å². The Morgan fingerprint density at radius 2 is 1.88 bits per heavy atom. The number of hydrogen-bond donors (Lipinski definition) is 1. The van der Waals surface area contributed by atoms with Crippen LogP contribution >= 0.6 is 0 Å². The van der Waals surface area contributed by atoms with Crippen molar-refractivity contribution >= 4 is 17.5 Å². The quantitative estimate of drug-likeness (QED) is 0.508. The maximum absolute atomic E-state index is 14.6. The maximum atomic E-state index is 14.6. The van der Waals surface area contributed by atoms with E-state index in [9.17, 15) is 31.5 Å². The summed E-state index contributed by atoms with van der Waals surface area (Å²) >= 11 is 0. The molecule has 42 heavy (non-hydrogen) atoms. The van der Waals surface area contributed by atoms with Gasteiger partial charge in [-0.1, -0.05) is 13.0 Å². The van der Waals surface area contributed by atoms with Gasteiger partial charge in [-0.05, 0) is 50.9 Å². The summed E-state index contributed by atoms with van der Waals surface area (Å²) in [5.74, 6) is -6.90. The van der Waals surface area contributed by atoms with Gasteiger partial charge >= 0.3 is 6.18 Å². The van der Waals surface area contributed by atoms with Crippen LogP contribution in [0.3, 0.4) is 0 Å². The van der Waals surface area contributed by atoms with Crippen molar-refractivity contribution in [3.8, 4) is 5.75 Å². The number of nitrogens with zero attached hydrogens (tertiary/aromatic N) is 3. The fourth-order valence-electron chi connectivity index (χ4n) is 6.52. The molecule has 4 fully saturated rings. The van der Waals surface area contributed by atoms with E-state index in [0.29, 0.717) is 19.0 Å². The number of benzene rings is 1. The number of carbonyl (C=O) groups excluding carboxylic acids is 2. The largest absolute Gasteiger partial charge is 0.493 e. The second-order valence-electron chi connectivity index (χ2n) is 11.6. The maximum Gasteiger partial charge on any atom is 0.417 e. The van der Waals surface area contributed by atoms with E-state index in [1.54, 1.807) is 4.90 Å². The molecule has 5 heterocycles. The van der Waals surface area contributed by atoms with Gasteiger partial charge in [0.1, 0.15) is 11.8 Å². The predicted molar refractivity (Wildman–Crippen MR) is 142 cm³/mol. The van der Waals surface area contributed by atoms with Crippen molar-refractivity contribution in [3.05, 3.63) is 53.4 Å². The number of ether oxygens (including phenoxy) is 2. The van der Waals surface area contributed by atoms with Crippen LogP contribution in [0, 0.1) is 23.5 Å². The number of carbonyl (C=O) groups is 2. The molecule has 4 saturated heterocycles. The van der Waals surface area contributed by atoms with Crippen LogP contribution in [0.15, 0.2) is 30.5 Å². The van der Waals surface area contributed by atoms with E-state index in [2.05, 4.69) is 15.2 Å². The van der Waals surface area contributed by atoms with Gasteiger partial charge in [-0.25, -0.2) is 4.39 Å². The van der Waals surface area contributed by atoms with Crippen LogP contribution in [0.5, 0.6) is 5.75 Å². The number of nitrogens with one attached hydrogen (secondary N) is 1. The zero-order valence-corrected chi connectivity index (χ0v) is 23.7. The standard InChI is InChI=1S/C29H33F5N4O4/c1-15-22(19-7-8-20(30)23(31)24(19)41-4)25(42-28(15,2)29(32,33)34)26(39)36-17-9-10-35-21(11-17)27(40)38-13-16-5-6-18(14-38)37(3)12-16/h7-11,15-16,18,22,25H,5-6,12-14H2,1-4H3,(H,35,36,39)/t15-,16?,18-,22-,25+,28+/m0/s1. The number of fused-ring (bicyclic) bond motifs is 4. The number of alkyl halides is 3. The molecule has 0 spiro atoms. The second kappa shape index (κ2) is 11.1. The van der Waals surface area contributed by atoms with Crippen LogP contribution < -0.4 is 10.1 Å². The molecule has 13 heteroatoms. The van der Waals surface area contributed by atoms with Gasteiger partial charge in [-0.3, -0.25) is 14.6 Å². The SMILES string of the molecule is COc1c([C@H]2[C@H](C(=O)Nc3ccnc(C(=O)N4CC5CC[C@@H](C4)N(C)C5)c3)O[C@@](C)(C(F)(F)F)[C@H]2C)ccc(F)c1F. The number of methoxy groups -OCH3 is 1. The highest BCUT2D eigenvalue weighted by Crippen LogP contribution is 2.55. The molecular formula is C29H33F5N4O4. The Morgan fingerprint density at radius 3 is 2.55 bits per heavy atom. The first-order chi connectivity index (χ1) is 19.7. The number of halogens is 5. The summed E-state index contributed by atoms with van der Waals surface area (Å²) in [5.41, 5.74) is -2.71. The fraction of sp³-hybridized carbons (Fsp3) is 0.552. The zero-order chi connectivity index (χ0) is 30.6. The molecular weight excluding hydrogens is 563 g/mol. The Kier molecular flexibility index (Phi) is 7.94. The first-order valence-corrected chi connectivity index (χ1v) is 13.8. The van der Waals surface area contributed by atoms with Crippen LogP contribution in [0.1, 0.15) is 48.7 Å². The number of aromatic nitrogens is 1. The van der Waals surface area contributed by atoms with Gasteiger partial charge < -0.3 is 24.6 Å². The topological polar surface area (TPSA) is 84.0 Å². The van der Waals surface area contributed by atoms with Crippen molar-refractivity contribution in [2.75, 3.05) is 39.1 Å². The Hall–Kier alpha value is -3.32. The lowest BCUT2D eigenvalue weighted by Gasteiger charge is -2.32. The van der Waals surface area contributed by atoms with Gasteiger partial charge in [0.05, 0.1) is 7.11 Å². The molecule has 4 aliphatic heterocycles. The molecule has 0 saturated carbocycles. The summed E-state index contributed by atoms with van der Waals surface area (Å²) in [6.07, 6.45) is -3.29. The fourth-order valence-corrected chi connectivity index (χ4v) is 6.52. The smallest absolute Gasteiger partial charge is 0.417 e.